The Balaban J connectivity index is 1.38. The van der Waals surface area contributed by atoms with E-state index in [1.165, 1.54) is 93.4 Å². The topological polar surface area (TPSA) is 9.72 Å². The highest BCUT2D eigenvalue weighted by Crippen LogP contribution is 2.63. The van der Waals surface area contributed by atoms with Crippen molar-refractivity contribution in [2.75, 3.05) is 14.7 Å². The van der Waals surface area contributed by atoms with Gasteiger partial charge in [0.25, 0.3) is 0 Å². The molecule has 0 spiro atoms. The Morgan fingerprint density at radius 2 is 0.704 bits per heavy atom. The number of para-hydroxylation sites is 6. The van der Waals surface area contributed by atoms with E-state index in [2.05, 4.69) is 191 Å². The van der Waals surface area contributed by atoms with Crippen LogP contribution >= 0.6 is 23.5 Å². The quantitative estimate of drug-likeness (QED) is 0.160. The van der Waals surface area contributed by atoms with Gasteiger partial charge in [0.1, 0.15) is 0 Å². The van der Waals surface area contributed by atoms with Gasteiger partial charge in [0.15, 0.2) is 6.17 Å². The number of fused-ring (bicyclic) bond motifs is 5. The van der Waals surface area contributed by atoms with E-state index in [4.69, 9.17) is 0 Å². The fraction of sp³-hybridized carbons (Fsp3) is 0.245. The first-order valence-electron chi connectivity index (χ1n) is 19.5. The molecule has 0 atom stereocenters. The molecule has 54 heavy (non-hydrogen) atoms. The second-order valence-corrected chi connectivity index (χ2v) is 18.1. The van der Waals surface area contributed by atoms with Crippen LogP contribution in [0.3, 0.4) is 0 Å². The van der Waals surface area contributed by atoms with Crippen molar-refractivity contribution in [3.8, 4) is 0 Å². The second-order valence-electron chi connectivity index (χ2n) is 16.0. The standard InChI is InChI=1S/C49H48N3S2/c1-29(2)34-17-15-18-35(30(3)4)46(34)51-38-21-9-10-22-39(38)52(47-36(31(5)6)19-16-20-37(47)32(7)8)49(51)33-27-44-48-45(28-33)54-43-26-14-12-24-41(43)50(48)40-23-11-13-25-42(40)53-44/h9-32H,1-8H3. The summed E-state index contributed by atoms with van der Waals surface area (Å²) in [6.07, 6.45) is 1.20. The smallest absolute Gasteiger partial charge is 0.197 e. The molecule has 5 heteroatoms. The van der Waals surface area contributed by atoms with Crippen LogP contribution in [0.25, 0.3) is 0 Å². The van der Waals surface area contributed by atoms with Crippen LogP contribution < -0.4 is 14.7 Å². The van der Waals surface area contributed by atoms with Crippen molar-refractivity contribution in [2.45, 2.75) is 98.6 Å². The van der Waals surface area contributed by atoms with Crippen molar-refractivity contribution in [2.24, 2.45) is 0 Å². The molecular weight excluding hydrogens is 695 g/mol. The van der Waals surface area contributed by atoms with E-state index >= 15 is 0 Å². The molecule has 0 saturated heterocycles. The lowest BCUT2D eigenvalue weighted by Crippen LogP contribution is -2.34. The summed E-state index contributed by atoms with van der Waals surface area (Å²) in [5.41, 5.74) is 15.6. The lowest BCUT2D eigenvalue weighted by Gasteiger charge is -2.40. The van der Waals surface area contributed by atoms with Crippen molar-refractivity contribution in [3.63, 3.8) is 0 Å². The third-order valence-corrected chi connectivity index (χ3v) is 13.3. The molecule has 6 aromatic rings. The number of nitrogens with zero attached hydrogens (tertiary/aromatic N) is 3. The van der Waals surface area contributed by atoms with Gasteiger partial charge >= 0.3 is 0 Å². The minimum absolute atomic E-state index is 0.340. The summed E-state index contributed by atoms with van der Waals surface area (Å²) in [5.74, 6) is 1.36. The first kappa shape index (κ1) is 35.1. The molecule has 3 nitrogen and oxygen atoms in total. The number of hydrogen-bond acceptors (Lipinski definition) is 5. The van der Waals surface area contributed by atoms with Gasteiger partial charge in [0.2, 0.25) is 0 Å². The fourth-order valence-electron chi connectivity index (χ4n) is 8.57. The molecule has 0 amide bonds. The number of benzene rings is 6. The lowest BCUT2D eigenvalue weighted by atomic mass is 9.90. The van der Waals surface area contributed by atoms with Crippen LogP contribution in [-0.2, 0) is 0 Å². The second kappa shape index (κ2) is 13.6. The molecule has 6 aromatic carbocycles. The maximum absolute atomic E-state index is 2.64. The van der Waals surface area contributed by atoms with Gasteiger partial charge in [-0.15, -0.1) is 0 Å². The average Bonchev–Trinajstić information content (AvgIpc) is 3.51. The highest BCUT2D eigenvalue weighted by atomic mass is 32.2. The average molecular weight is 743 g/mol. The Morgan fingerprint density at radius 1 is 0.352 bits per heavy atom. The Bertz CT molecular complexity index is 2200. The third kappa shape index (κ3) is 5.49. The summed E-state index contributed by atoms with van der Waals surface area (Å²) in [6, 6.07) is 45.8. The van der Waals surface area contributed by atoms with Crippen LogP contribution in [0.1, 0.15) is 107 Å². The molecule has 3 aliphatic rings. The molecule has 3 aliphatic heterocycles. The molecule has 0 saturated carbocycles. The molecule has 0 aromatic heterocycles. The monoisotopic (exact) mass is 742 g/mol. The zero-order valence-corrected chi connectivity index (χ0v) is 34.1. The van der Waals surface area contributed by atoms with Crippen LogP contribution in [0.2, 0.25) is 0 Å². The maximum Gasteiger partial charge on any atom is 0.197 e. The van der Waals surface area contributed by atoms with Crippen LogP contribution in [-0.4, -0.2) is 0 Å². The highest BCUT2D eigenvalue weighted by molar-refractivity contribution is 8.00. The summed E-state index contributed by atoms with van der Waals surface area (Å²) in [5, 5.41) is 0. The molecule has 0 fully saturated rings. The first-order valence-corrected chi connectivity index (χ1v) is 21.1. The van der Waals surface area contributed by atoms with Gasteiger partial charge < -0.3 is 14.7 Å². The molecular formula is C49H48N3S2. The molecule has 9 rings (SSSR count). The van der Waals surface area contributed by atoms with Crippen molar-refractivity contribution in [3.05, 3.63) is 155 Å². The highest BCUT2D eigenvalue weighted by Gasteiger charge is 2.45. The predicted molar refractivity (Wildman–Crippen MR) is 232 cm³/mol. The lowest BCUT2D eigenvalue weighted by molar-refractivity contribution is 0.806. The number of rotatable bonds is 7. The van der Waals surface area contributed by atoms with Gasteiger partial charge in [-0.2, -0.15) is 0 Å². The molecule has 3 heterocycles. The van der Waals surface area contributed by atoms with E-state index in [1.807, 2.05) is 23.5 Å². The Hall–Kier alpha value is -4.58. The Morgan fingerprint density at radius 3 is 1.07 bits per heavy atom. The van der Waals surface area contributed by atoms with Crippen LogP contribution in [0.4, 0.5) is 39.8 Å². The zero-order valence-electron chi connectivity index (χ0n) is 32.5. The molecule has 1 radical (unpaired) electrons. The predicted octanol–water partition coefficient (Wildman–Crippen LogP) is 15.4. The SMILES string of the molecule is CC(C)c1cccc(C(C)C)c1N1[C](c2cc3c4c(c2)Sc2ccccc2N4c2ccccc2S3)N(c2c(C(C)C)cccc2C(C)C)c2ccccc21. The summed E-state index contributed by atoms with van der Waals surface area (Å²) in [6.45, 7) is 18.7. The van der Waals surface area contributed by atoms with Crippen molar-refractivity contribution < 1.29 is 0 Å². The summed E-state index contributed by atoms with van der Waals surface area (Å²) in [4.78, 5) is 12.9. The summed E-state index contributed by atoms with van der Waals surface area (Å²) < 4.78 is 0. The van der Waals surface area contributed by atoms with Gasteiger partial charge in [-0.1, -0.05) is 152 Å². The Labute approximate surface area is 330 Å². The number of anilines is 7. The van der Waals surface area contributed by atoms with Gasteiger partial charge in [-0.3, -0.25) is 0 Å². The molecule has 0 unspecified atom stereocenters. The van der Waals surface area contributed by atoms with Gasteiger partial charge in [0.05, 0.1) is 39.8 Å². The molecule has 0 aliphatic carbocycles. The minimum atomic E-state index is 0.340. The third-order valence-electron chi connectivity index (χ3n) is 11.1. The zero-order chi connectivity index (χ0) is 37.4. The van der Waals surface area contributed by atoms with Gasteiger partial charge in [-0.05, 0) is 94.5 Å². The van der Waals surface area contributed by atoms with E-state index in [9.17, 15) is 0 Å². The summed E-state index contributed by atoms with van der Waals surface area (Å²) in [7, 11) is 0. The maximum atomic E-state index is 2.64. The van der Waals surface area contributed by atoms with Crippen molar-refractivity contribution in [1.82, 2.24) is 0 Å². The number of hydrogen-bond donors (Lipinski definition) is 0. The molecule has 0 N–H and O–H groups in total. The molecule has 0 bridgehead atoms. The van der Waals surface area contributed by atoms with Crippen LogP contribution in [0, 0.1) is 6.17 Å². The van der Waals surface area contributed by atoms with Crippen molar-refractivity contribution >= 4 is 63.3 Å². The first-order chi connectivity index (χ1) is 26.1. The van der Waals surface area contributed by atoms with E-state index in [1.54, 1.807) is 0 Å². The van der Waals surface area contributed by atoms with E-state index in [-0.39, 0.29) is 0 Å². The van der Waals surface area contributed by atoms with Crippen LogP contribution in [0.5, 0.6) is 0 Å². The molecule has 271 valence electrons. The minimum Gasteiger partial charge on any atom is -0.307 e. The Kier molecular flexibility index (Phi) is 8.86. The van der Waals surface area contributed by atoms with E-state index in [0.717, 1.165) is 0 Å². The normalized spacial score (nSPS) is 14.6. The summed E-state index contributed by atoms with van der Waals surface area (Å²) >= 11 is 3.80. The van der Waals surface area contributed by atoms with E-state index in [0.29, 0.717) is 23.7 Å². The largest absolute Gasteiger partial charge is 0.307 e. The van der Waals surface area contributed by atoms with E-state index < -0.39 is 0 Å². The van der Waals surface area contributed by atoms with Gasteiger partial charge in [-0.25, -0.2) is 0 Å². The fourth-order valence-corrected chi connectivity index (χ4v) is 10.9. The van der Waals surface area contributed by atoms with Crippen LogP contribution in [0.15, 0.2) is 141 Å². The van der Waals surface area contributed by atoms with Gasteiger partial charge in [0, 0.05) is 25.1 Å². The van der Waals surface area contributed by atoms with Crippen molar-refractivity contribution in [1.29, 1.82) is 0 Å².